The fourth-order valence-corrected chi connectivity index (χ4v) is 6.76. The first-order valence-corrected chi connectivity index (χ1v) is 20.2. The van der Waals surface area contributed by atoms with E-state index >= 15 is 0 Å². The van der Waals surface area contributed by atoms with Gasteiger partial charge in [-0.05, 0) is 36.5 Å². The van der Waals surface area contributed by atoms with Crippen LogP contribution in [0.15, 0.2) is 78.1 Å². The Balaban J connectivity index is 1.64. The highest BCUT2D eigenvalue weighted by atomic mass is 32.2. The third kappa shape index (κ3) is 14.1. The van der Waals surface area contributed by atoms with Crippen molar-refractivity contribution in [1.29, 1.82) is 0 Å². The Morgan fingerprint density at radius 2 is 1.23 bits per heavy atom. The van der Waals surface area contributed by atoms with Gasteiger partial charge < -0.3 is 80.6 Å². The number of sulfonamides is 1. The molecular formula is C36H51BN4O18S. The third-order valence-electron chi connectivity index (χ3n) is 9.38. The normalized spacial score (nSPS) is 19.3. The zero-order chi connectivity index (χ0) is 44.1. The number of hydrogen-bond acceptors (Lipinski definition) is 20. The second-order valence-corrected chi connectivity index (χ2v) is 15.8. The summed E-state index contributed by atoms with van der Waals surface area (Å²) < 4.78 is 46.0. The van der Waals surface area contributed by atoms with Crippen LogP contribution in [-0.2, 0) is 30.5 Å². The molecule has 24 heteroatoms. The number of rotatable bonds is 26. The Hall–Kier alpha value is -3.80. The number of aliphatic hydroxyl groups is 12. The van der Waals surface area contributed by atoms with Crippen molar-refractivity contribution in [3.05, 3.63) is 78.6 Å². The van der Waals surface area contributed by atoms with Crippen LogP contribution < -0.4 is 14.8 Å². The Labute approximate surface area is 344 Å². The van der Waals surface area contributed by atoms with Gasteiger partial charge in [-0.15, -0.1) is 0 Å². The molecule has 0 bridgehead atoms. The Morgan fingerprint density at radius 1 is 0.717 bits per heavy atom. The summed E-state index contributed by atoms with van der Waals surface area (Å²) in [5, 5.41) is 124. The van der Waals surface area contributed by atoms with E-state index in [0.717, 1.165) is 12.4 Å². The quantitative estimate of drug-likeness (QED) is 0.0265. The molecule has 1 aliphatic rings. The molecule has 1 fully saturated rings. The summed E-state index contributed by atoms with van der Waals surface area (Å²) in [4.78, 5) is 22.1. The van der Waals surface area contributed by atoms with E-state index in [4.69, 9.17) is 24.3 Å². The molecule has 0 radical (unpaired) electrons. The van der Waals surface area contributed by atoms with E-state index in [1.54, 1.807) is 60.7 Å². The van der Waals surface area contributed by atoms with Crippen LogP contribution in [0.4, 0.5) is 0 Å². The Bertz CT molecular complexity index is 1810. The van der Waals surface area contributed by atoms with E-state index in [1.165, 1.54) is 0 Å². The SMILES string of the molecule is O=C(N[C@@H](CC1CC1)B(OC(O)[C@@H](O)[C@@H](O)[C@H](O)[C@H](O)CO)OC(O)[C@@H](O)[C@@H](O)[C@H](O)[C@H](O)CO)[C@H](Cc1ccccc1)NS(=O)(=O)c1cnc(Oc2ccccc2)cn1. The number of nitrogens with one attached hydrogen (secondary N) is 2. The molecule has 1 heterocycles. The molecule has 332 valence electrons. The fraction of sp³-hybridized carbons (Fsp3) is 0.528. The molecule has 1 aliphatic carbocycles. The van der Waals surface area contributed by atoms with Crippen molar-refractivity contribution in [2.24, 2.45) is 5.92 Å². The highest BCUT2D eigenvalue weighted by Gasteiger charge is 2.45. The predicted octanol–water partition coefficient (Wildman–Crippen LogP) is -4.99. The Kier molecular flexibility index (Phi) is 18.6. The molecule has 2 unspecified atom stereocenters. The fourth-order valence-electron chi connectivity index (χ4n) is 5.69. The van der Waals surface area contributed by atoms with Crippen LogP contribution in [0.2, 0.25) is 0 Å². The molecule has 12 atom stereocenters. The lowest BCUT2D eigenvalue weighted by molar-refractivity contribution is -0.206. The molecular weight excluding hydrogens is 819 g/mol. The number of amides is 1. The van der Waals surface area contributed by atoms with Gasteiger partial charge in [-0.1, -0.05) is 61.4 Å². The number of hydrogen-bond donors (Lipinski definition) is 14. The van der Waals surface area contributed by atoms with Crippen LogP contribution in [0.5, 0.6) is 11.6 Å². The number of para-hydroxylation sites is 1. The Morgan fingerprint density at radius 3 is 1.70 bits per heavy atom. The average molecular weight is 871 g/mol. The minimum Gasteiger partial charge on any atom is -0.438 e. The van der Waals surface area contributed by atoms with Gasteiger partial charge in [0.05, 0.1) is 31.5 Å². The van der Waals surface area contributed by atoms with Gasteiger partial charge in [-0.3, -0.25) is 4.79 Å². The van der Waals surface area contributed by atoms with Crippen molar-refractivity contribution in [3.8, 4) is 11.6 Å². The minimum absolute atomic E-state index is 0.0366. The van der Waals surface area contributed by atoms with Gasteiger partial charge in [-0.25, -0.2) is 18.4 Å². The maximum Gasteiger partial charge on any atom is 0.484 e. The van der Waals surface area contributed by atoms with Gasteiger partial charge in [0.2, 0.25) is 11.8 Å². The summed E-state index contributed by atoms with van der Waals surface area (Å²) in [5.41, 5.74) is 0.480. The molecule has 1 amide bonds. The highest BCUT2D eigenvalue weighted by molar-refractivity contribution is 7.89. The molecule has 3 aromatic rings. The van der Waals surface area contributed by atoms with Crippen LogP contribution in [-0.4, -0.2) is 179 Å². The molecule has 14 N–H and O–H groups in total. The lowest BCUT2D eigenvalue weighted by atomic mass is 9.74. The minimum atomic E-state index is -4.62. The van der Waals surface area contributed by atoms with Gasteiger partial charge in [0.25, 0.3) is 10.0 Å². The second-order valence-electron chi connectivity index (χ2n) is 14.1. The van der Waals surface area contributed by atoms with Crippen LogP contribution >= 0.6 is 0 Å². The maximum absolute atomic E-state index is 14.2. The first kappa shape index (κ1) is 48.9. The van der Waals surface area contributed by atoms with Crippen molar-refractivity contribution < 1.29 is 88.5 Å². The zero-order valence-electron chi connectivity index (χ0n) is 31.9. The van der Waals surface area contributed by atoms with Crippen molar-refractivity contribution in [1.82, 2.24) is 20.0 Å². The number of carbonyl (C=O) groups is 1. The topological polar surface area (TPSA) is 371 Å². The van der Waals surface area contributed by atoms with Crippen LogP contribution in [0.25, 0.3) is 0 Å². The van der Waals surface area contributed by atoms with Gasteiger partial charge in [0.15, 0.2) is 17.6 Å². The zero-order valence-corrected chi connectivity index (χ0v) is 32.7. The van der Waals surface area contributed by atoms with Gasteiger partial charge >= 0.3 is 7.12 Å². The monoisotopic (exact) mass is 870 g/mol. The molecule has 22 nitrogen and oxygen atoms in total. The lowest BCUT2D eigenvalue weighted by Crippen LogP contribution is -2.60. The van der Waals surface area contributed by atoms with E-state index in [0.29, 0.717) is 24.2 Å². The summed E-state index contributed by atoms with van der Waals surface area (Å²) in [5.74, 6) is -2.38. The van der Waals surface area contributed by atoms with Gasteiger partial charge in [0.1, 0.15) is 60.6 Å². The largest absolute Gasteiger partial charge is 0.484 e. The first-order valence-electron chi connectivity index (χ1n) is 18.7. The van der Waals surface area contributed by atoms with E-state index in [-0.39, 0.29) is 24.6 Å². The second kappa shape index (κ2) is 22.9. The summed E-state index contributed by atoms with van der Waals surface area (Å²) in [7, 11) is -6.80. The number of aromatic nitrogens is 2. The molecule has 0 spiro atoms. The van der Waals surface area contributed by atoms with Crippen molar-refractivity contribution in [2.75, 3.05) is 13.2 Å². The van der Waals surface area contributed by atoms with Crippen molar-refractivity contribution in [3.63, 3.8) is 0 Å². The summed E-state index contributed by atoms with van der Waals surface area (Å²) in [6.45, 7) is -2.14. The molecule has 1 saturated carbocycles. The van der Waals surface area contributed by atoms with Crippen molar-refractivity contribution >= 4 is 23.0 Å². The van der Waals surface area contributed by atoms with Crippen LogP contribution in [0, 0.1) is 5.92 Å². The number of benzene rings is 2. The molecule has 4 rings (SSSR count). The molecule has 0 saturated heterocycles. The lowest BCUT2D eigenvalue weighted by Gasteiger charge is -2.34. The van der Waals surface area contributed by atoms with E-state index in [9.17, 15) is 64.3 Å². The van der Waals surface area contributed by atoms with Gasteiger partial charge in [-0.2, -0.15) is 4.72 Å². The molecule has 1 aromatic heterocycles. The average Bonchev–Trinajstić information content (AvgIpc) is 4.08. The first-order chi connectivity index (χ1) is 28.4. The maximum atomic E-state index is 14.2. The number of nitrogens with zero attached hydrogens (tertiary/aromatic N) is 2. The smallest absolute Gasteiger partial charge is 0.438 e. The third-order valence-corrected chi connectivity index (χ3v) is 10.7. The number of aliphatic hydroxyl groups excluding tert-OH is 12. The number of carbonyl (C=O) groups excluding carboxylic acids is 1. The van der Waals surface area contributed by atoms with E-state index in [2.05, 4.69) is 20.0 Å². The summed E-state index contributed by atoms with van der Waals surface area (Å²) >= 11 is 0. The molecule has 0 aliphatic heterocycles. The summed E-state index contributed by atoms with van der Waals surface area (Å²) in [6, 6.07) is 15.0. The number of ether oxygens (including phenoxy) is 1. The molecule has 2 aromatic carbocycles. The van der Waals surface area contributed by atoms with Gasteiger partial charge in [0, 0.05) is 0 Å². The van der Waals surface area contributed by atoms with Crippen molar-refractivity contribution in [2.45, 2.75) is 104 Å². The van der Waals surface area contributed by atoms with Crippen LogP contribution in [0.1, 0.15) is 24.8 Å². The van der Waals surface area contributed by atoms with Crippen LogP contribution in [0.3, 0.4) is 0 Å². The molecule has 60 heavy (non-hydrogen) atoms. The summed E-state index contributed by atoms with van der Waals surface area (Å²) in [6.07, 6.45) is -20.6. The standard InChI is InChI=1S/C36H51BN4O18S/c42-17-23(44)28(46)30(48)32(50)35(53)58-37(59-36(54)33(51)31(49)29(47)24(45)18-43)25(14-20-11-12-20)40-34(52)22(13-19-7-3-1-4-8-19)41-60(55,56)27-16-38-26(15-39-27)57-21-9-5-2-6-10-21/h1-10,15-16,20,22-25,28-33,35-36,41-51,53-54H,11-14,17-18H2,(H,40,52)/t22-,23+,24+,25-,28+,29+,30-,31-,32-,33-,35?,36?/m0/s1. The van der Waals surface area contributed by atoms with E-state index in [1.807, 2.05) is 0 Å². The highest BCUT2D eigenvalue weighted by Crippen LogP contribution is 2.34. The predicted molar refractivity (Wildman–Crippen MR) is 204 cm³/mol. The van der Waals surface area contributed by atoms with E-state index < -0.39 is 115 Å².